The molecule has 29 heavy (non-hydrogen) atoms. The summed E-state index contributed by atoms with van der Waals surface area (Å²) in [4.78, 5) is 13.1. The molecule has 0 amide bonds. The van der Waals surface area contributed by atoms with Crippen molar-refractivity contribution in [2.24, 2.45) is 0 Å². The highest BCUT2D eigenvalue weighted by Gasteiger charge is 2.54. The highest BCUT2D eigenvalue weighted by atomic mass is 16.6. The molecule has 3 aromatic rings. The van der Waals surface area contributed by atoms with E-state index >= 15 is 0 Å². The number of carbonyl (C=O) groups excluding carboxylic acids is 1. The van der Waals surface area contributed by atoms with Crippen LogP contribution >= 0.6 is 0 Å². The number of unbranched alkanes of at least 4 members (excludes halogenated alkanes) is 1. The van der Waals surface area contributed by atoms with Crippen molar-refractivity contribution in [1.29, 1.82) is 0 Å². The lowest BCUT2D eigenvalue weighted by Crippen LogP contribution is -2.32. The number of hydrogen-bond donors (Lipinski definition) is 2. The molecule has 2 heterocycles. The van der Waals surface area contributed by atoms with Crippen molar-refractivity contribution in [3.63, 3.8) is 0 Å². The Hall–Kier alpha value is -3.47. The van der Waals surface area contributed by atoms with E-state index < -0.39 is 5.60 Å². The first kappa shape index (κ1) is 17.6. The van der Waals surface area contributed by atoms with Gasteiger partial charge in [-0.05, 0) is 42.7 Å². The standard InChI is InChI=1S/C24H20O5/c1-2-3-5-14-6-4-7-19-22(14)23(27)29-24(19)17-10-8-15(25)12-20(17)28-21-13-16(26)9-11-18(21)24/h4,6-13,25-26H,2-3,5H2,1H3. The van der Waals surface area contributed by atoms with Gasteiger partial charge in [0, 0.05) is 28.8 Å². The number of phenolic OH excluding ortho intramolecular Hbond substituents is 2. The molecule has 0 atom stereocenters. The molecule has 2 aliphatic rings. The third kappa shape index (κ3) is 2.43. The Bertz CT molecular complexity index is 1100. The number of rotatable bonds is 3. The van der Waals surface area contributed by atoms with Gasteiger partial charge in [0.2, 0.25) is 0 Å². The summed E-state index contributed by atoms with van der Waals surface area (Å²) in [5.74, 6) is 0.504. The normalized spacial score (nSPS) is 15.3. The molecule has 3 aromatic carbocycles. The second-order valence-corrected chi connectivity index (χ2v) is 7.48. The maximum absolute atomic E-state index is 13.1. The Labute approximate surface area is 168 Å². The summed E-state index contributed by atoms with van der Waals surface area (Å²) in [6, 6.07) is 15.4. The molecule has 0 bridgehead atoms. The van der Waals surface area contributed by atoms with E-state index in [4.69, 9.17) is 9.47 Å². The number of aromatic hydroxyl groups is 2. The molecule has 0 aliphatic carbocycles. The summed E-state index contributed by atoms with van der Waals surface area (Å²) in [5, 5.41) is 19.9. The van der Waals surface area contributed by atoms with E-state index in [1.807, 2.05) is 18.2 Å². The third-order valence-corrected chi connectivity index (χ3v) is 5.69. The molecule has 0 saturated carbocycles. The van der Waals surface area contributed by atoms with Crippen LogP contribution < -0.4 is 4.74 Å². The molecule has 0 unspecified atom stereocenters. The number of fused-ring (bicyclic) bond motifs is 6. The summed E-state index contributed by atoms with van der Waals surface area (Å²) < 4.78 is 12.1. The van der Waals surface area contributed by atoms with Crippen molar-refractivity contribution in [3.8, 4) is 23.0 Å². The Morgan fingerprint density at radius 1 is 0.897 bits per heavy atom. The fourth-order valence-corrected chi connectivity index (χ4v) is 4.39. The van der Waals surface area contributed by atoms with Gasteiger partial charge in [0.1, 0.15) is 23.0 Å². The predicted octanol–water partition coefficient (Wildman–Crippen LogP) is 5.01. The number of hydrogen-bond acceptors (Lipinski definition) is 5. The van der Waals surface area contributed by atoms with Crippen molar-refractivity contribution in [2.45, 2.75) is 31.8 Å². The SMILES string of the molecule is CCCCc1cccc2c1C(=O)OC21c2ccc(O)cc2Oc2cc(O)ccc21. The van der Waals surface area contributed by atoms with Crippen molar-refractivity contribution < 1.29 is 24.5 Å². The second-order valence-electron chi connectivity index (χ2n) is 7.48. The molecule has 1 spiro atoms. The zero-order chi connectivity index (χ0) is 20.2. The summed E-state index contributed by atoms with van der Waals surface area (Å²) in [6.45, 7) is 2.12. The summed E-state index contributed by atoms with van der Waals surface area (Å²) in [6.07, 6.45) is 2.81. The molecule has 0 fully saturated rings. The lowest BCUT2D eigenvalue weighted by molar-refractivity contribution is 0.0223. The molecule has 5 rings (SSSR count). The monoisotopic (exact) mass is 388 g/mol. The van der Waals surface area contributed by atoms with Crippen LogP contribution in [-0.2, 0) is 16.8 Å². The zero-order valence-electron chi connectivity index (χ0n) is 15.9. The molecule has 2 aliphatic heterocycles. The predicted molar refractivity (Wildman–Crippen MR) is 107 cm³/mol. The number of esters is 1. The molecule has 2 N–H and O–H groups in total. The maximum Gasteiger partial charge on any atom is 0.340 e. The smallest absolute Gasteiger partial charge is 0.340 e. The van der Waals surface area contributed by atoms with Gasteiger partial charge < -0.3 is 19.7 Å². The van der Waals surface area contributed by atoms with Gasteiger partial charge in [0.05, 0.1) is 5.56 Å². The maximum atomic E-state index is 13.1. The van der Waals surface area contributed by atoms with Crippen LogP contribution in [0.1, 0.15) is 52.4 Å². The van der Waals surface area contributed by atoms with Gasteiger partial charge in [-0.25, -0.2) is 4.79 Å². The Morgan fingerprint density at radius 3 is 2.17 bits per heavy atom. The number of benzene rings is 3. The van der Waals surface area contributed by atoms with Crippen molar-refractivity contribution in [2.75, 3.05) is 0 Å². The van der Waals surface area contributed by atoms with E-state index in [0.29, 0.717) is 28.2 Å². The molecule has 5 heteroatoms. The van der Waals surface area contributed by atoms with E-state index in [9.17, 15) is 15.0 Å². The van der Waals surface area contributed by atoms with Gasteiger partial charge in [0.25, 0.3) is 0 Å². The first-order valence-corrected chi connectivity index (χ1v) is 9.75. The van der Waals surface area contributed by atoms with Gasteiger partial charge in [-0.15, -0.1) is 0 Å². The van der Waals surface area contributed by atoms with Crippen LogP contribution in [0.3, 0.4) is 0 Å². The van der Waals surface area contributed by atoms with Gasteiger partial charge >= 0.3 is 5.97 Å². The number of aryl methyl sites for hydroxylation is 1. The van der Waals surface area contributed by atoms with Gasteiger partial charge in [-0.2, -0.15) is 0 Å². The zero-order valence-corrected chi connectivity index (χ0v) is 15.9. The molecule has 0 saturated heterocycles. The Kier molecular flexibility index (Phi) is 3.81. The number of phenols is 2. The largest absolute Gasteiger partial charge is 0.508 e. The fraction of sp³-hybridized carbons (Fsp3) is 0.208. The third-order valence-electron chi connectivity index (χ3n) is 5.69. The Balaban J connectivity index is 1.83. The minimum atomic E-state index is -1.18. The van der Waals surface area contributed by atoms with Crippen LogP contribution in [0.4, 0.5) is 0 Å². The minimum Gasteiger partial charge on any atom is -0.508 e. The van der Waals surface area contributed by atoms with E-state index in [2.05, 4.69) is 6.92 Å². The van der Waals surface area contributed by atoms with E-state index in [1.165, 1.54) is 12.1 Å². The van der Waals surface area contributed by atoms with Crippen LogP contribution in [-0.4, -0.2) is 16.2 Å². The average Bonchev–Trinajstić information content (AvgIpc) is 3.00. The number of carbonyl (C=O) groups is 1. The quantitative estimate of drug-likeness (QED) is 0.617. The molecule has 0 radical (unpaired) electrons. The molecular formula is C24H20O5. The molecule has 0 aromatic heterocycles. The number of ether oxygens (including phenoxy) is 2. The van der Waals surface area contributed by atoms with Crippen LogP contribution in [0, 0.1) is 0 Å². The fourth-order valence-electron chi connectivity index (χ4n) is 4.39. The molecule has 146 valence electrons. The van der Waals surface area contributed by atoms with Gasteiger partial charge in [0.15, 0.2) is 5.60 Å². The van der Waals surface area contributed by atoms with Crippen LogP contribution in [0.15, 0.2) is 54.6 Å². The van der Waals surface area contributed by atoms with E-state index in [1.54, 1.807) is 24.3 Å². The van der Waals surface area contributed by atoms with E-state index in [0.717, 1.165) is 30.4 Å². The topological polar surface area (TPSA) is 76.0 Å². The van der Waals surface area contributed by atoms with Crippen LogP contribution in [0.2, 0.25) is 0 Å². The average molecular weight is 388 g/mol. The first-order valence-electron chi connectivity index (χ1n) is 9.75. The summed E-state index contributed by atoms with van der Waals surface area (Å²) >= 11 is 0. The van der Waals surface area contributed by atoms with Crippen molar-refractivity contribution >= 4 is 5.97 Å². The van der Waals surface area contributed by atoms with E-state index in [-0.39, 0.29) is 17.5 Å². The van der Waals surface area contributed by atoms with Gasteiger partial charge in [-0.3, -0.25) is 0 Å². The highest BCUT2D eigenvalue weighted by molar-refractivity contribution is 5.98. The summed E-state index contributed by atoms with van der Waals surface area (Å²) in [5.41, 5.74) is 2.44. The lowest BCUT2D eigenvalue weighted by Gasteiger charge is -2.36. The minimum absolute atomic E-state index is 0.0451. The van der Waals surface area contributed by atoms with Gasteiger partial charge in [-0.1, -0.05) is 31.5 Å². The molecule has 5 nitrogen and oxygen atoms in total. The van der Waals surface area contributed by atoms with Crippen molar-refractivity contribution in [1.82, 2.24) is 0 Å². The summed E-state index contributed by atoms with van der Waals surface area (Å²) in [7, 11) is 0. The van der Waals surface area contributed by atoms with Crippen molar-refractivity contribution in [3.05, 3.63) is 82.4 Å². The lowest BCUT2D eigenvalue weighted by atomic mass is 9.77. The second kappa shape index (κ2) is 6.27. The molecular weight excluding hydrogens is 368 g/mol. The first-order chi connectivity index (χ1) is 14.0. The van der Waals surface area contributed by atoms with Crippen LogP contribution in [0.25, 0.3) is 0 Å². The Morgan fingerprint density at radius 2 is 1.55 bits per heavy atom. The highest BCUT2D eigenvalue weighted by Crippen LogP contribution is 2.57. The van der Waals surface area contributed by atoms with Crippen LogP contribution in [0.5, 0.6) is 23.0 Å².